The summed E-state index contributed by atoms with van der Waals surface area (Å²) in [6, 6.07) is 8.44. The van der Waals surface area contributed by atoms with Crippen molar-refractivity contribution in [1.29, 1.82) is 0 Å². The van der Waals surface area contributed by atoms with E-state index in [-0.39, 0.29) is 75.4 Å². The Hall–Kier alpha value is -10.6. The summed E-state index contributed by atoms with van der Waals surface area (Å²) >= 11 is 0. The van der Waals surface area contributed by atoms with Gasteiger partial charge in [0.25, 0.3) is 0 Å². The van der Waals surface area contributed by atoms with Crippen molar-refractivity contribution >= 4 is 93.5 Å². The number of aromatic nitrogens is 1. The first-order valence-electron chi connectivity index (χ1n) is 38.8. The Morgan fingerprint density at radius 1 is 0.607 bits per heavy atom. The first-order chi connectivity index (χ1) is 53.1. The molecule has 4 aromatic rings. The van der Waals surface area contributed by atoms with E-state index < -0.39 is 180 Å². The molecule has 6 rings (SSSR count). The predicted molar refractivity (Wildman–Crippen MR) is 416 cm³/mol. The number of benzene rings is 3. The van der Waals surface area contributed by atoms with E-state index in [1.54, 1.807) is 42.6 Å². The highest BCUT2D eigenvalue weighted by atomic mass is 16.4. The van der Waals surface area contributed by atoms with Gasteiger partial charge in [0.15, 0.2) is 5.78 Å². The summed E-state index contributed by atoms with van der Waals surface area (Å²) in [7, 11) is 0. The molecular weight excluding hydrogens is 1440 g/mol. The Bertz CT molecular complexity index is 3940. The van der Waals surface area contributed by atoms with Gasteiger partial charge in [-0.1, -0.05) is 125 Å². The zero-order valence-electron chi connectivity index (χ0n) is 65.4. The fraction of sp³-hybridized carbons (Fsp3) is 0.556. The number of nitrogens with two attached hydrogens (primary N) is 1. The zero-order valence-corrected chi connectivity index (χ0v) is 65.4. The number of carboxylic acid groups (broad SMARTS) is 1. The lowest BCUT2D eigenvalue weighted by Gasteiger charge is -2.35. The van der Waals surface area contributed by atoms with E-state index in [1.165, 1.54) is 65.8 Å². The van der Waals surface area contributed by atoms with E-state index in [2.05, 4.69) is 63.5 Å². The molecule has 31 nitrogen and oxygen atoms in total. The Labute approximate surface area is 653 Å². The lowest BCUT2D eigenvalue weighted by molar-refractivity contribution is -0.140. The van der Waals surface area contributed by atoms with Crippen LogP contribution in [0.15, 0.2) is 97.2 Å². The lowest BCUT2D eigenvalue weighted by Crippen LogP contribution is -2.65. The third-order valence-corrected chi connectivity index (χ3v) is 20.6. The van der Waals surface area contributed by atoms with Crippen molar-refractivity contribution in [2.75, 3.05) is 6.61 Å². The van der Waals surface area contributed by atoms with Crippen molar-refractivity contribution < 1.29 is 87.5 Å². The van der Waals surface area contributed by atoms with Crippen molar-refractivity contribution in [3.63, 3.8) is 0 Å². The number of para-hydroxylation sites is 1. The van der Waals surface area contributed by atoms with Crippen LogP contribution in [0.2, 0.25) is 0 Å². The van der Waals surface area contributed by atoms with Gasteiger partial charge >= 0.3 is 5.97 Å². The Balaban J connectivity index is 1.40. The maximum Gasteiger partial charge on any atom is 0.303 e. The number of aliphatic hydroxyl groups is 2. The summed E-state index contributed by atoms with van der Waals surface area (Å²) in [5.41, 5.74) is 3.82. The number of aromatic amines is 1. The average Bonchev–Trinajstić information content (AvgIpc) is 1.55. The highest BCUT2D eigenvalue weighted by molar-refractivity contribution is 6.01. The van der Waals surface area contributed by atoms with Gasteiger partial charge in [-0.05, 0) is 146 Å². The zero-order chi connectivity index (χ0) is 82.4. The SMILES string of the molecule is CC(=O)N[C@@H](CC(C)C)C(=O)N[C@H](C(=O)N[C@@H](Cc1ccccc1)C(=O)N[C@]1(C)CCCCCC/C=C/CCC[C@@](C)(C(=O)NC(CO)C(=O)N[C@@H](C)C(=O)NC(C)C(N)=O)NC(=O)[C@H](CC2CCC2)CCC(=O)[C@H](Cc2c[nH]c3ccccc23)NC(=O)C(Cc2ccc(O)cc2)NC(=O)[C@H](CCC(=O)O)NC1=O)[C@@H](C)O. The first kappa shape index (κ1) is 90.3. The largest absolute Gasteiger partial charge is 0.508 e. The van der Waals surface area contributed by atoms with Gasteiger partial charge in [0.05, 0.1) is 18.8 Å². The highest BCUT2D eigenvalue weighted by Crippen LogP contribution is 2.35. The number of amides is 12. The average molecular weight is 1560 g/mol. The van der Waals surface area contributed by atoms with Crippen LogP contribution in [-0.2, 0) is 86.4 Å². The molecule has 0 spiro atoms. The number of allylic oxidation sites excluding steroid dienone is 2. The number of H-pyrrole nitrogens is 1. The number of nitrogens with one attached hydrogen (secondary N) is 12. The second-order valence-electron chi connectivity index (χ2n) is 30.6. The summed E-state index contributed by atoms with van der Waals surface area (Å²) in [4.78, 5) is 201. The number of aromatic hydroxyl groups is 1. The van der Waals surface area contributed by atoms with Crippen LogP contribution in [0.5, 0.6) is 5.75 Å². The third-order valence-electron chi connectivity index (χ3n) is 20.6. The molecule has 2 heterocycles. The van der Waals surface area contributed by atoms with Crippen molar-refractivity contribution in [2.24, 2.45) is 23.5 Å². The molecule has 1 aliphatic heterocycles. The fourth-order valence-electron chi connectivity index (χ4n) is 13.5. The van der Waals surface area contributed by atoms with Crippen LogP contribution in [-0.4, -0.2) is 186 Å². The number of primary amides is 1. The molecule has 0 saturated heterocycles. The van der Waals surface area contributed by atoms with Gasteiger partial charge in [0.2, 0.25) is 70.9 Å². The number of phenolic OH excluding ortho intramolecular Hbond substituents is 1. The number of carboxylic acids is 1. The molecule has 1 saturated carbocycles. The van der Waals surface area contributed by atoms with Crippen LogP contribution in [0.3, 0.4) is 0 Å². The van der Waals surface area contributed by atoms with E-state index in [9.17, 15) is 58.8 Å². The van der Waals surface area contributed by atoms with Crippen molar-refractivity contribution in [3.8, 4) is 5.75 Å². The van der Waals surface area contributed by atoms with Crippen molar-refractivity contribution in [1.82, 2.24) is 63.5 Å². The summed E-state index contributed by atoms with van der Waals surface area (Å²) in [5, 5.41) is 72.0. The highest BCUT2D eigenvalue weighted by Gasteiger charge is 2.43. The second-order valence-corrected chi connectivity index (χ2v) is 30.6. The number of carbonyl (C=O) groups is 14. The van der Waals surface area contributed by atoms with Gasteiger partial charge in [-0.15, -0.1) is 0 Å². The summed E-state index contributed by atoms with van der Waals surface area (Å²) in [5.74, 6) is -13.1. The summed E-state index contributed by atoms with van der Waals surface area (Å²) in [6.45, 7) is 10.7. The molecule has 112 heavy (non-hydrogen) atoms. The van der Waals surface area contributed by atoms with E-state index in [1.807, 2.05) is 44.2 Å². The van der Waals surface area contributed by atoms with Crippen molar-refractivity contribution in [2.45, 2.75) is 262 Å². The van der Waals surface area contributed by atoms with Crippen LogP contribution >= 0.6 is 0 Å². The molecule has 13 atom stereocenters. The molecule has 1 aromatic heterocycles. The van der Waals surface area contributed by atoms with E-state index in [0.717, 1.165) is 19.3 Å². The van der Waals surface area contributed by atoms with Gasteiger partial charge in [-0.2, -0.15) is 0 Å². The van der Waals surface area contributed by atoms with E-state index in [4.69, 9.17) is 5.73 Å². The molecule has 0 radical (unpaired) electrons. The molecule has 18 N–H and O–H groups in total. The molecule has 2 aliphatic rings. The molecule has 12 amide bonds. The molecule has 1 fully saturated rings. The van der Waals surface area contributed by atoms with Crippen LogP contribution in [0, 0.1) is 17.8 Å². The predicted octanol–water partition coefficient (Wildman–Crippen LogP) is 3.08. The van der Waals surface area contributed by atoms with E-state index >= 15 is 28.8 Å². The van der Waals surface area contributed by atoms with Gasteiger partial charge in [-0.3, -0.25) is 67.1 Å². The maximum atomic E-state index is 15.4. The number of aliphatic hydroxyl groups excluding tert-OH is 2. The van der Waals surface area contributed by atoms with Crippen LogP contribution in [0.4, 0.5) is 0 Å². The van der Waals surface area contributed by atoms with Gasteiger partial charge < -0.3 is 89.6 Å². The van der Waals surface area contributed by atoms with Crippen LogP contribution in [0.25, 0.3) is 10.9 Å². The van der Waals surface area contributed by atoms with Gasteiger partial charge in [0.1, 0.15) is 65.2 Å². The van der Waals surface area contributed by atoms with Gasteiger partial charge in [-0.25, -0.2) is 0 Å². The second kappa shape index (κ2) is 43.9. The summed E-state index contributed by atoms with van der Waals surface area (Å²) < 4.78 is 0. The molecule has 3 unspecified atom stereocenters. The molecule has 3 aromatic carbocycles. The maximum absolute atomic E-state index is 15.4. The fourth-order valence-corrected chi connectivity index (χ4v) is 13.5. The monoisotopic (exact) mass is 1560 g/mol. The van der Waals surface area contributed by atoms with E-state index in [0.29, 0.717) is 72.5 Å². The molecule has 1 aliphatic carbocycles. The minimum absolute atomic E-state index is 0.00262. The smallest absolute Gasteiger partial charge is 0.303 e. The number of hydrogen-bond acceptors (Lipinski definition) is 17. The first-order valence-corrected chi connectivity index (χ1v) is 38.8. The molecule has 612 valence electrons. The van der Waals surface area contributed by atoms with Gasteiger partial charge in [0, 0.05) is 62.0 Å². The minimum atomic E-state index is -1.98. The number of fused-ring (bicyclic) bond motifs is 1. The number of carbonyl (C=O) groups excluding carboxylic acids is 13. The number of ketones is 1. The number of Topliss-reactive ketones (excluding diaryl/α,β-unsaturated/α-hetero) is 1. The Kier molecular flexibility index (Phi) is 35.4. The lowest BCUT2D eigenvalue weighted by atomic mass is 9.77. The normalized spacial score (nSPS) is 22.5. The Morgan fingerprint density at radius 3 is 1.88 bits per heavy atom. The Morgan fingerprint density at radius 2 is 1.24 bits per heavy atom. The minimum Gasteiger partial charge on any atom is -0.508 e. The third kappa shape index (κ3) is 28.6. The standard InChI is InChI=1S/C81H115N13O18/c1-47(2)40-62(86-51(6)97)74(107)92-68(50(5)96)77(110)89-64(42-53-24-17-16-18-25-53)76(109)94-81(8)39-22-15-13-11-9-10-12-14-21-38-80(7,79(112)91-65(46-95)75(108)85-49(4)70(103)84-48(3)69(82)102)93-71(104)55(41-52-26-23-27-52)32-36-66(99)61(44-56-45-83-59-29-20-19-28-58(56)59)87-73(106)63(43-54-30-33-57(98)34-31-54)88-72(105)60(90-78(81)111)35-37-67(100)101/h10,12,16-20,24-25,28-31,33-34,45,47-50,52,55,60-65,68,83,95-96,98H,9,11,13-15,21-23,26-27,32,35-44,46H2,1-8H3,(H2,82,102)(H,84,103)(H,85,108)(H,86,97)(H,87,106)(H,88,105)(H,89,110)(H,90,111)(H,91,112)(H,92,107)(H,93,104)(H,94,109)(H,100,101)/b12-10+/t48?,49-,50+,55-,60-,61-,62-,63?,64-,65?,68-,80-,81+/m0/s1. The van der Waals surface area contributed by atoms with Crippen LogP contribution < -0.4 is 64.2 Å². The molecular formula is C81H115N13O18. The number of aliphatic carboxylic acids is 1. The topological polar surface area (TPSA) is 494 Å². The number of rotatable bonds is 29. The van der Waals surface area contributed by atoms with Crippen molar-refractivity contribution in [3.05, 3.63) is 114 Å². The summed E-state index contributed by atoms with van der Waals surface area (Å²) in [6.07, 6.45) is 7.73. The number of hydrogen-bond donors (Lipinski definition) is 17. The van der Waals surface area contributed by atoms with Crippen LogP contribution in [0.1, 0.15) is 188 Å². The quantitative estimate of drug-likeness (QED) is 0.0347. The number of phenols is 1. The molecule has 0 bridgehead atoms. The molecule has 31 heteroatoms.